The number of anilines is 1. The minimum absolute atomic E-state index is 0.170. The van der Waals surface area contributed by atoms with Gasteiger partial charge in [-0.25, -0.2) is 9.78 Å². The monoisotopic (exact) mass is 286 g/mol. The number of carbonyl (C=O) groups is 1. The Bertz CT molecular complexity index is 825. The van der Waals surface area contributed by atoms with Gasteiger partial charge in [0, 0.05) is 34.7 Å². The van der Waals surface area contributed by atoms with Gasteiger partial charge in [-0.05, 0) is 51.2 Å². The summed E-state index contributed by atoms with van der Waals surface area (Å²) < 4.78 is 79.9. The number of hydrogen-bond donors (Lipinski definition) is 1. The lowest BCUT2D eigenvalue weighted by molar-refractivity contribution is 0.0198. The Kier molecular flexibility index (Phi) is 1.93. The summed E-state index contributed by atoms with van der Waals surface area (Å²) in [6.07, 6.45) is -7.43. The molecule has 1 saturated heterocycles. The van der Waals surface area contributed by atoms with Crippen LogP contribution in [0.15, 0.2) is 18.3 Å². The Hall–Kier alpha value is -1.78. The number of aromatic nitrogens is 1. The first-order valence-electron chi connectivity index (χ1n) is 10.5. The summed E-state index contributed by atoms with van der Waals surface area (Å²) in [7, 11) is 0. The number of pyridine rings is 1. The summed E-state index contributed by atoms with van der Waals surface area (Å²) in [6, 6.07) is 2.07. The second kappa shape index (κ2) is 5.69. The molecule has 1 fully saturated rings. The molecule has 0 spiro atoms. The number of carbonyl (C=O) groups excluding carboxylic acids is 1. The van der Waals surface area contributed by atoms with Gasteiger partial charge in [0.1, 0.15) is 11.4 Å². The van der Waals surface area contributed by atoms with E-state index in [9.17, 15) is 4.79 Å². The topological polar surface area (TPSA) is 68.5 Å². The van der Waals surface area contributed by atoms with Gasteiger partial charge in [-0.1, -0.05) is 0 Å². The van der Waals surface area contributed by atoms with Crippen LogP contribution in [0.4, 0.5) is 10.6 Å². The molecule has 1 atom stereocenters. The zero-order valence-corrected chi connectivity index (χ0v) is 11.5. The molecular formula is C15H23N3O2. The van der Waals surface area contributed by atoms with Gasteiger partial charge in [-0.2, -0.15) is 0 Å². The van der Waals surface area contributed by atoms with Crippen LogP contribution < -0.4 is 5.73 Å². The highest BCUT2D eigenvalue weighted by atomic mass is 16.6. The summed E-state index contributed by atoms with van der Waals surface area (Å²) in [4.78, 5) is 16.3. The van der Waals surface area contributed by atoms with Crippen LogP contribution >= 0.6 is 0 Å². The Morgan fingerprint density at radius 2 is 2.40 bits per heavy atom. The minimum atomic E-state index is -3.51. The molecule has 2 rings (SSSR count). The summed E-state index contributed by atoms with van der Waals surface area (Å²) in [5.74, 6) is -3.30. The molecule has 0 radical (unpaired) electrons. The molecule has 0 aromatic carbocycles. The molecule has 1 aliphatic rings. The predicted octanol–water partition coefficient (Wildman–Crippen LogP) is 2.78. The quantitative estimate of drug-likeness (QED) is 0.862. The predicted molar refractivity (Wildman–Crippen MR) is 78.4 cm³/mol. The second-order valence-electron chi connectivity index (χ2n) is 5.13. The van der Waals surface area contributed by atoms with Crippen LogP contribution in [0, 0.1) is 0 Å². The Labute approximate surface area is 132 Å². The van der Waals surface area contributed by atoms with Crippen LogP contribution in [-0.4, -0.2) is 34.6 Å². The molecule has 1 unspecified atom stereocenters. The Balaban J connectivity index is 2.86. The molecule has 20 heavy (non-hydrogen) atoms. The van der Waals surface area contributed by atoms with E-state index < -0.39 is 48.9 Å². The maximum absolute atomic E-state index is 12.7. The molecule has 1 aliphatic heterocycles. The molecule has 5 nitrogen and oxygen atoms in total. The van der Waals surface area contributed by atoms with Crippen molar-refractivity contribution >= 4 is 11.9 Å². The van der Waals surface area contributed by atoms with Crippen molar-refractivity contribution in [2.24, 2.45) is 0 Å². The van der Waals surface area contributed by atoms with Crippen molar-refractivity contribution in [3.8, 4) is 0 Å². The van der Waals surface area contributed by atoms with Gasteiger partial charge >= 0.3 is 6.09 Å². The van der Waals surface area contributed by atoms with E-state index in [1.54, 1.807) is 0 Å². The van der Waals surface area contributed by atoms with E-state index in [0.717, 1.165) is 18.3 Å². The first-order chi connectivity index (χ1) is 12.7. The standard InChI is InChI=1S/C15H23N3O2/c1-15(2,3)20-14(19)18-8-4-5-12(10-18)11-6-7-17-13(16)9-11/h6-7,9,12H,4-5,8,10H2,1-3H3,(H2,16,17)/i4D2,5D2,8D2,10D2,12D. The number of amides is 1. The number of rotatable bonds is 1. The molecule has 1 amide bonds. The number of nitrogen functional groups attached to an aromatic ring is 1. The Morgan fingerprint density at radius 3 is 3.05 bits per heavy atom. The van der Waals surface area contributed by atoms with Crippen LogP contribution in [-0.2, 0) is 4.74 Å². The molecule has 0 aliphatic carbocycles. The lowest BCUT2D eigenvalue weighted by Crippen LogP contribution is -2.42. The number of nitrogens with zero attached hydrogens (tertiary/aromatic N) is 2. The number of ether oxygens (including phenoxy) is 1. The SMILES string of the molecule is [2H]C1([2H])N(C(=O)OC(C)(C)C)C([2H])([2H])C([2H])(c2ccnc(N)c2)C([2H])([2H])C1([2H])[2H]. The molecule has 2 N–H and O–H groups in total. The highest BCUT2D eigenvalue weighted by molar-refractivity contribution is 5.68. The van der Waals surface area contributed by atoms with Crippen LogP contribution in [0.1, 0.15) is 57.3 Å². The first-order valence-corrected chi connectivity index (χ1v) is 6.00. The molecule has 2 heterocycles. The zero-order chi connectivity index (χ0) is 22.8. The van der Waals surface area contributed by atoms with E-state index in [2.05, 4.69) is 4.98 Å². The third-order valence-corrected chi connectivity index (χ3v) is 2.22. The summed E-state index contributed by atoms with van der Waals surface area (Å²) in [6.45, 7) is -2.53. The lowest BCUT2D eigenvalue weighted by atomic mass is 9.91. The third kappa shape index (κ3) is 3.85. The van der Waals surface area contributed by atoms with Gasteiger partial charge in [-0.15, -0.1) is 0 Å². The molecule has 110 valence electrons. The largest absolute Gasteiger partial charge is 0.444 e. The van der Waals surface area contributed by atoms with Crippen molar-refractivity contribution in [1.29, 1.82) is 0 Å². The van der Waals surface area contributed by atoms with Gasteiger partial charge in [-0.3, -0.25) is 0 Å². The number of hydrogen-bond acceptors (Lipinski definition) is 4. The van der Waals surface area contributed by atoms with E-state index in [4.69, 9.17) is 22.8 Å². The molecule has 0 saturated carbocycles. The normalized spacial score (nSPS) is 40.1. The highest BCUT2D eigenvalue weighted by Crippen LogP contribution is 2.28. The average molecular weight is 286 g/mol. The third-order valence-electron chi connectivity index (χ3n) is 2.22. The fourth-order valence-electron chi connectivity index (χ4n) is 1.45. The van der Waals surface area contributed by atoms with Crippen molar-refractivity contribution in [3.63, 3.8) is 0 Å². The van der Waals surface area contributed by atoms with Crippen LogP contribution in [0.25, 0.3) is 0 Å². The van der Waals surface area contributed by atoms with E-state index in [-0.39, 0.29) is 10.7 Å². The average Bonchev–Trinajstić information content (AvgIpc) is 2.50. The maximum Gasteiger partial charge on any atom is 0.410 e. The van der Waals surface area contributed by atoms with Crippen molar-refractivity contribution < 1.29 is 21.9 Å². The Morgan fingerprint density at radius 1 is 1.65 bits per heavy atom. The number of piperidine rings is 1. The molecular weight excluding hydrogens is 254 g/mol. The number of nitrogens with two attached hydrogens (primary N) is 1. The second-order valence-corrected chi connectivity index (χ2v) is 5.13. The van der Waals surface area contributed by atoms with E-state index in [0.29, 0.717) is 0 Å². The smallest absolute Gasteiger partial charge is 0.410 e. The summed E-state index contributed by atoms with van der Waals surface area (Å²) >= 11 is 0. The lowest BCUT2D eigenvalue weighted by Gasteiger charge is -2.34. The van der Waals surface area contributed by atoms with Crippen LogP contribution in [0.3, 0.4) is 0 Å². The number of likely N-dealkylation sites (tertiary alicyclic amines) is 1. The summed E-state index contributed by atoms with van der Waals surface area (Å²) in [5, 5.41) is 0. The van der Waals surface area contributed by atoms with Crippen LogP contribution in [0.5, 0.6) is 0 Å². The van der Waals surface area contributed by atoms with Crippen molar-refractivity contribution in [1.82, 2.24) is 9.88 Å². The van der Waals surface area contributed by atoms with Gasteiger partial charge in [0.25, 0.3) is 0 Å². The van der Waals surface area contributed by atoms with E-state index in [1.807, 2.05) is 0 Å². The fourth-order valence-corrected chi connectivity index (χ4v) is 1.45. The molecule has 5 heteroatoms. The zero-order valence-electron chi connectivity index (χ0n) is 20.5. The molecule has 0 bridgehead atoms. The van der Waals surface area contributed by atoms with Crippen LogP contribution in [0.2, 0.25) is 0 Å². The minimum Gasteiger partial charge on any atom is -0.444 e. The van der Waals surface area contributed by atoms with Crippen molar-refractivity contribution in [2.75, 3.05) is 18.7 Å². The van der Waals surface area contributed by atoms with E-state index >= 15 is 0 Å². The van der Waals surface area contributed by atoms with Gasteiger partial charge in [0.15, 0.2) is 0 Å². The maximum atomic E-state index is 12.7. The highest BCUT2D eigenvalue weighted by Gasteiger charge is 2.28. The fraction of sp³-hybridized carbons (Fsp3) is 0.600. The van der Waals surface area contributed by atoms with Gasteiger partial charge < -0.3 is 15.4 Å². The molecule has 1 aromatic heterocycles. The van der Waals surface area contributed by atoms with Crippen molar-refractivity contribution in [3.05, 3.63) is 23.9 Å². The van der Waals surface area contributed by atoms with E-state index in [1.165, 1.54) is 20.8 Å². The van der Waals surface area contributed by atoms with Gasteiger partial charge in [0.05, 0.1) is 2.74 Å². The van der Waals surface area contributed by atoms with Gasteiger partial charge in [0.2, 0.25) is 0 Å². The molecule has 1 aromatic rings. The summed E-state index contributed by atoms with van der Waals surface area (Å²) in [5.41, 5.74) is 4.00. The first kappa shape index (κ1) is 6.78. The van der Waals surface area contributed by atoms with Crippen molar-refractivity contribution in [2.45, 2.75) is 45.0 Å².